The van der Waals surface area contributed by atoms with Crippen LogP contribution < -0.4 is 10.2 Å². The summed E-state index contributed by atoms with van der Waals surface area (Å²) in [5, 5.41) is 2.96. The maximum Gasteiger partial charge on any atom is 0.437 e. The maximum atomic E-state index is 13.6. The van der Waals surface area contributed by atoms with Crippen LogP contribution in [0.3, 0.4) is 0 Å². The van der Waals surface area contributed by atoms with Gasteiger partial charge in [-0.05, 0) is 43.0 Å². The molecule has 31 heavy (non-hydrogen) atoms. The van der Waals surface area contributed by atoms with E-state index in [4.69, 9.17) is 0 Å². The summed E-state index contributed by atoms with van der Waals surface area (Å²) in [6.45, 7) is 3.07. The number of fused-ring (bicyclic) bond motifs is 1. The summed E-state index contributed by atoms with van der Waals surface area (Å²) in [6.07, 6.45) is -3.68. The molecule has 2 aromatic carbocycles. The van der Waals surface area contributed by atoms with E-state index in [-0.39, 0.29) is 23.2 Å². The van der Waals surface area contributed by atoms with Crippen LogP contribution in [0.25, 0.3) is 11.0 Å². The lowest BCUT2D eigenvalue weighted by molar-refractivity contribution is -0.140. The molecule has 0 saturated carbocycles. The lowest BCUT2D eigenvalue weighted by Crippen LogP contribution is -2.41. The third kappa shape index (κ3) is 4.62. The Morgan fingerprint density at radius 2 is 1.65 bits per heavy atom. The zero-order valence-corrected chi connectivity index (χ0v) is 17.1. The molecule has 1 saturated heterocycles. The predicted octanol–water partition coefficient (Wildman–Crippen LogP) is 4.49. The van der Waals surface area contributed by atoms with E-state index >= 15 is 0 Å². The molecular weight excluding hydrogens is 405 g/mol. The van der Waals surface area contributed by atoms with Crippen LogP contribution in [0.1, 0.15) is 29.7 Å². The van der Waals surface area contributed by atoms with Crippen LogP contribution in [0.2, 0.25) is 0 Å². The molecule has 162 valence electrons. The minimum atomic E-state index is -4.60. The zero-order valence-electron chi connectivity index (χ0n) is 17.1. The minimum absolute atomic E-state index is 0.0662. The molecule has 3 aromatic rings. The van der Waals surface area contributed by atoms with Gasteiger partial charge in [0.1, 0.15) is 0 Å². The summed E-state index contributed by atoms with van der Waals surface area (Å²) in [4.78, 5) is 22.3. The van der Waals surface area contributed by atoms with Crippen molar-refractivity contribution < 1.29 is 18.0 Å². The largest absolute Gasteiger partial charge is 0.437 e. The van der Waals surface area contributed by atoms with Gasteiger partial charge < -0.3 is 10.2 Å². The van der Waals surface area contributed by atoms with Crippen LogP contribution in [-0.2, 0) is 17.5 Å². The molecule has 1 aliphatic heterocycles. The number of benzene rings is 2. The monoisotopic (exact) mass is 428 g/mol. The third-order valence-corrected chi connectivity index (χ3v) is 5.70. The Kier molecular flexibility index (Phi) is 5.80. The number of piperidine rings is 1. The molecule has 1 fully saturated rings. The average Bonchev–Trinajstić information content (AvgIpc) is 2.77. The lowest BCUT2D eigenvalue weighted by atomic mass is 9.95. The summed E-state index contributed by atoms with van der Waals surface area (Å²) in [6, 6.07) is 14.4. The first-order valence-electron chi connectivity index (χ1n) is 10.2. The maximum absolute atomic E-state index is 13.6. The predicted molar refractivity (Wildman–Crippen MR) is 113 cm³/mol. The topological polar surface area (TPSA) is 58.1 Å². The van der Waals surface area contributed by atoms with Crippen molar-refractivity contribution in [3.63, 3.8) is 0 Å². The molecule has 1 aromatic heterocycles. The third-order valence-electron chi connectivity index (χ3n) is 5.70. The van der Waals surface area contributed by atoms with Crippen molar-refractivity contribution in [2.24, 2.45) is 5.92 Å². The van der Waals surface area contributed by atoms with Crippen LogP contribution in [0.4, 0.5) is 19.0 Å². The highest BCUT2D eigenvalue weighted by molar-refractivity contribution is 5.79. The highest BCUT2D eigenvalue weighted by Crippen LogP contribution is 2.36. The highest BCUT2D eigenvalue weighted by Gasteiger charge is 2.39. The van der Waals surface area contributed by atoms with E-state index in [2.05, 4.69) is 15.3 Å². The number of hydrogen-bond donors (Lipinski definition) is 1. The van der Waals surface area contributed by atoms with Crippen LogP contribution >= 0.6 is 0 Å². The zero-order chi connectivity index (χ0) is 22.0. The number of aryl methyl sites for hydroxylation is 1. The molecule has 0 atom stereocenters. The first-order valence-corrected chi connectivity index (χ1v) is 10.2. The molecule has 0 aliphatic carbocycles. The minimum Gasteiger partial charge on any atom is -0.355 e. The number of alkyl halides is 3. The van der Waals surface area contributed by atoms with Crippen molar-refractivity contribution >= 4 is 22.8 Å². The molecule has 2 heterocycles. The molecular formula is C23H23F3N4O. The molecule has 0 radical (unpaired) electrons. The second kappa shape index (κ2) is 8.53. The van der Waals surface area contributed by atoms with Gasteiger partial charge in [0.25, 0.3) is 0 Å². The van der Waals surface area contributed by atoms with E-state index in [0.717, 1.165) is 11.1 Å². The van der Waals surface area contributed by atoms with E-state index in [9.17, 15) is 18.0 Å². The lowest BCUT2D eigenvalue weighted by Gasteiger charge is -2.33. The van der Waals surface area contributed by atoms with Crippen LogP contribution in [0.15, 0.2) is 48.5 Å². The van der Waals surface area contributed by atoms with Gasteiger partial charge in [0.05, 0.1) is 11.0 Å². The number of hydrogen-bond acceptors (Lipinski definition) is 4. The van der Waals surface area contributed by atoms with E-state index in [1.54, 1.807) is 23.1 Å². The number of carbonyl (C=O) groups is 1. The molecule has 8 heteroatoms. The Morgan fingerprint density at radius 1 is 1.03 bits per heavy atom. The number of aromatic nitrogens is 2. The van der Waals surface area contributed by atoms with Gasteiger partial charge in [-0.2, -0.15) is 13.2 Å². The number of carbonyl (C=O) groups excluding carboxylic acids is 1. The molecule has 1 N–H and O–H groups in total. The van der Waals surface area contributed by atoms with Crippen LogP contribution in [0, 0.1) is 12.8 Å². The van der Waals surface area contributed by atoms with Crippen molar-refractivity contribution in [3.05, 3.63) is 65.4 Å². The Balaban J connectivity index is 1.45. The van der Waals surface area contributed by atoms with Gasteiger partial charge in [-0.1, -0.05) is 36.4 Å². The van der Waals surface area contributed by atoms with E-state index in [0.29, 0.717) is 38.0 Å². The van der Waals surface area contributed by atoms with Crippen molar-refractivity contribution in [3.8, 4) is 0 Å². The molecule has 4 rings (SSSR count). The van der Waals surface area contributed by atoms with E-state index < -0.39 is 11.9 Å². The number of halogens is 3. The fourth-order valence-electron chi connectivity index (χ4n) is 3.89. The van der Waals surface area contributed by atoms with E-state index in [1.807, 2.05) is 31.2 Å². The second-order valence-corrected chi connectivity index (χ2v) is 7.79. The van der Waals surface area contributed by atoms with Gasteiger partial charge in [0, 0.05) is 25.6 Å². The van der Waals surface area contributed by atoms with Crippen molar-refractivity contribution in [1.82, 2.24) is 15.3 Å². The van der Waals surface area contributed by atoms with Crippen molar-refractivity contribution in [2.45, 2.75) is 32.5 Å². The van der Waals surface area contributed by atoms with Gasteiger partial charge in [-0.3, -0.25) is 4.79 Å². The summed E-state index contributed by atoms with van der Waals surface area (Å²) < 4.78 is 40.9. The summed E-state index contributed by atoms with van der Waals surface area (Å²) >= 11 is 0. The number of nitrogens with zero attached hydrogens (tertiary/aromatic N) is 3. The Labute approximate surface area is 178 Å². The quantitative estimate of drug-likeness (QED) is 0.665. The Morgan fingerprint density at radius 3 is 2.29 bits per heavy atom. The van der Waals surface area contributed by atoms with Crippen LogP contribution in [0.5, 0.6) is 0 Å². The average molecular weight is 428 g/mol. The van der Waals surface area contributed by atoms with Gasteiger partial charge in [0.2, 0.25) is 5.91 Å². The molecule has 0 unspecified atom stereocenters. The van der Waals surface area contributed by atoms with Crippen LogP contribution in [-0.4, -0.2) is 29.0 Å². The SMILES string of the molecule is Cc1ccccc1CNC(=O)C1CCN(c2nc3ccccc3nc2C(F)(F)F)CC1. The number of amides is 1. The van der Waals surface area contributed by atoms with Crippen molar-refractivity contribution in [1.29, 1.82) is 0 Å². The highest BCUT2D eigenvalue weighted by atomic mass is 19.4. The van der Waals surface area contributed by atoms with Gasteiger partial charge in [-0.25, -0.2) is 9.97 Å². The van der Waals surface area contributed by atoms with Crippen molar-refractivity contribution in [2.75, 3.05) is 18.0 Å². The summed E-state index contributed by atoms with van der Waals surface area (Å²) in [5.41, 5.74) is 1.81. The summed E-state index contributed by atoms with van der Waals surface area (Å²) in [7, 11) is 0. The number of anilines is 1. The smallest absolute Gasteiger partial charge is 0.355 e. The molecule has 1 amide bonds. The van der Waals surface area contributed by atoms with E-state index in [1.165, 1.54) is 6.07 Å². The fourth-order valence-corrected chi connectivity index (χ4v) is 3.89. The fraction of sp³-hybridized carbons (Fsp3) is 0.348. The second-order valence-electron chi connectivity index (χ2n) is 7.79. The molecule has 0 bridgehead atoms. The Bertz CT molecular complexity index is 1090. The summed E-state index contributed by atoms with van der Waals surface area (Å²) in [5.74, 6) is -0.462. The number of para-hydroxylation sites is 2. The molecule has 1 aliphatic rings. The number of nitrogens with one attached hydrogen (secondary N) is 1. The first kappa shape index (κ1) is 21.1. The van der Waals surface area contributed by atoms with Gasteiger partial charge in [0.15, 0.2) is 11.5 Å². The van der Waals surface area contributed by atoms with Gasteiger partial charge >= 0.3 is 6.18 Å². The molecule has 0 spiro atoms. The molecule has 5 nitrogen and oxygen atoms in total. The number of rotatable bonds is 4. The standard InChI is InChI=1S/C23H23F3N4O/c1-15-6-2-3-7-17(15)14-27-22(31)16-10-12-30(13-11-16)21-20(23(24,25)26)28-18-8-4-5-9-19(18)29-21/h2-9,16H,10-14H2,1H3,(H,27,31). The Hall–Kier alpha value is -3.16. The first-order chi connectivity index (χ1) is 14.8. The van der Waals surface area contributed by atoms with Gasteiger partial charge in [-0.15, -0.1) is 0 Å². The normalized spacial score (nSPS) is 15.3.